The molecule has 0 radical (unpaired) electrons. The molecule has 0 aliphatic carbocycles. The van der Waals surface area contributed by atoms with E-state index in [0.29, 0.717) is 6.42 Å². The minimum atomic E-state index is -0.694. The lowest BCUT2D eigenvalue weighted by molar-refractivity contribution is -0.143. The van der Waals surface area contributed by atoms with Crippen LogP contribution in [0.3, 0.4) is 0 Å². The van der Waals surface area contributed by atoms with Crippen LogP contribution >= 0.6 is 0 Å². The highest BCUT2D eigenvalue weighted by Crippen LogP contribution is 2.16. The molecule has 1 saturated heterocycles. The van der Waals surface area contributed by atoms with Crippen molar-refractivity contribution >= 4 is 5.97 Å². The number of carboxylic acid groups (broad SMARTS) is 1. The van der Waals surface area contributed by atoms with Crippen LogP contribution in [0.4, 0.5) is 0 Å². The van der Waals surface area contributed by atoms with E-state index in [1.54, 1.807) is 0 Å². The van der Waals surface area contributed by atoms with E-state index in [1.807, 2.05) is 30.3 Å². The zero-order valence-corrected chi connectivity index (χ0v) is 10.7. The van der Waals surface area contributed by atoms with Gasteiger partial charge in [-0.1, -0.05) is 43.2 Å². The lowest BCUT2D eigenvalue weighted by Crippen LogP contribution is -2.43. The molecule has 1 fully saturated rings. The molecule has 0 saturated carbocycles. The zero-order valence-electron chi connectivity index (χ0n) is 10.7. The fourth-order valence-electron chi connectivity index (χ4n) is 2.62. The third kappa shape index (κ3) is 3.57. The average Bonchev–Trinajstić information content (AvgIpc) is 2.65. The predicted molar refractivity (Wildman–Crippen MR) is 71.6 cm³/mol. The summed E-state index contributed by atoms with van der Waals surface area (Å²) in [5.41, 5.74) is 1.11. The van der Waals surface area contributed by atoms with Gasteiger partial charge in [0.2, 0.25) is 0 Å². The van der Waals surface area contributed by atoms with Crippen molar-refractivity contribution in [2.75, 3.05) is 13.1 Å². The van der Waals surface area contributed by atoms with E-state index < -0.39 is 5.97 Å². The summed E-state index contributed by atoms with van der Waals surface area (Å²) >= 11 is 0. The molecule has 3 nitrogen and oxygen atoms in total. The SMILES string of the molecule is O=C(O)C(Cc1ccccc1)N1CCCCCC1. The highest BCUT2D eigenvalue weighted by atomic mass is 16.4. The van der Waals surface area contributed by atoms with Crippen LogP contribution in [-0.2, 0) is 11.2 Å². The van der Waals surface area contributed by atoms with Gasteiger partial charge in [-0.25, -0.2) is 0 Å². The topological polar surface area (TPSA) is 40.5 Å². The Hall–Kier alpha value is -1.35. The molecule has 98 valence electrons. The Bertz CT molecular complexity index is 369. The monoisotopic (exact) mass is 247 g/mol. The maximum atomic E-state index is 11.5. The number of benzene rings is 1. The molecule has 3 heteroatoms. The van der Waals surface area contributed by atoms with Crippen LogP contribution in [-0.4, -0.2) is 35.1 Å². The maximum absolute atomic E-state index is 11.5. The Labute approximate surface area is 108 Å². The quantitative estimate of drug-likeness (QED) is 0.889. The molecule has 18 heavy (non-hydrogen) atoms. The second-order valence-electron chi connectivity index (χ2n) is 4.99. The summed E-state index contributed by atoms with van der Waals surface area (Å²) in [4.78, 5) is 13.6. The van der Waals surface area contributed by atoms with Gasteiger partial charge in [-0.2, -0.15) is 0 Å². The van der Waals surface area contributed by atoms with Crippen LogP contribution in [0.5, 0.6) is 0 Å². The Kier molecular flexibility index (Phi) is 4.76. The third-order valence-corrected chi connectivity index (χ3v) is 3.64. The number of carbonyl (C=O) groups is 1. The first-order valence-electron chi connectivity index (χ1n) is 6.78. The Balaban J connectivity index is 2.05. The summed E-state index contributed by atoms with van der Waals surface area (Å²) in [6.07, 6.45) is 5.32. The predicted octanol–water partition coefficient (Wildman–Crippen LogP) is 2.56. The average molecular weight is 247 g/mol. The molecule has 0 aromatic heterocycles. The number of rotatable bonds is 4. The van der Waals surface area contributed by atoms with E-state index in [0.717, 1.165) is 31.5 Å². The zero-order chi connectivity index (χ0) is 12.8. The summed E-state index contributed by atoms with van der Waals surface area (Å²) in [5.74, 6) is -0.694. The number of nitrogens with zero attached hydrogens (tertiary/aromatic N) is 1. The number of likely N-dealkylation sites (tertiary alicyclic amines) is 1. The van der Waals surface area contributed by atoms with Crippen molar-refractivity contribution in [2.24, 2.45) is 0 Å². The van der Waals surface area contributed by atoms with E-state index in [9.17, 15) is 9.90 Å². The molecule has 1 aliphatic rings. The molecule has 0 spiro atoms. The first kappa shape index (κ1) is 13.1. The summed E-state index contributed by atoms with van der Waals surface area (Å²) in [6.45, 7) is 1.84. The molecule has 1 aromatic carbocycles. The summed E-state index contributed by atoms with van der Waals surface area (Å²) in [5, 5.41) is 9.44. The molecule has 1 unspecified atom stereocenters. The minimum Gasteiger partial charge on any atom is -0.480 e. The van der Waals surface area contributed by atoms with Crippen molar-refractivity contribution in [3.8, 4) is 0 Å². The second-order valence-corrected chi connectivity index (χ2v) is 4.99. The van der Waals surface area contributed by atoms with Crippen molar-refractivity contribution in [1.29, 1.82) is 0 Å². The standard InChI is InChI=1S/C15H21NO2/c17-15(18)14(12-13-8-4-3-5-9-13)16-10-6-1-2-7-11-16/h3-5,8-9,14H,1-2,6-7,10-12H2,(H,17,18). The molecule has 1 aliphatic heterocycles. The van der Waals surface area contributed by atoms with Crippen molar-refractivity contribution in [3.63, 3.8) is 0 Å². The smallest absolute Gasteiger partial charge is 0.321 e. The normalized spacial score (nSPS) is 19.1. The number of hydrogen-bond donors (Lipinski definition) is 1. The molecule has 2 rings (SSSR count). The molecule has 1 heterocycles. The van der Waals surface area contributed by atoms with E-state index in [-0.39, 0.29) is 6.04 Å². The summed E-state index contributed by atoms with van der Waals surface area (Å²) < 4.78 is 0. The Morgan fingerprint density at radius 3 is 2.28 bits per heavy atom. The lowest BCUT2D eigenvalue weighted by Gasteiger charge is -2.27. The van der Waals surface area contributed by atoms with Crippen LogP contribution < -0.4 is 0 Å². The fraction of sp³-hybridized carbons (Fsp3) is 0.533. The van der Waals surface area contributed by atoms with Crippen LogP contribution in [0, 0.1) is 0 Å². The number of carboxylic acids is 1. The van der Waals surface area contributed by atoms with Crippen molar-refractivity contribution in [2.45, 2.75) is 38.1 Å². The number of hydrogen-bond acceptors (Lipinski definition) is 2. The molecule has 1 N–H and O–H groups in total. The number of aliphatic carboxylic acids is 1. The fourth-order valence-corrected chi connectivity index (χ4v) is 2.62. The van der Waals surface area contributed by atoms with Gasteiger partial charge < -0.3 is 5.11 Å². The second kappa shape index (κ2) is 6.55. The molecule has 0 amide bonds. The van der Waals surface area contributed by atoms with Gasteiger partial charge in [-0.15, -0.1) is 0 Å². The van der Waals surface area contributed by atoms with Gasteiger partial charge in [0.15, 0.2) is 0 Å². The maximum Gasteiger partial charge on any atom is 0.321 e. The van der Waals surface area contributed by atoms with E-state index >= 15 is 0 Å². The van der Waals surface area contributed by atoms with E-state index in [2.05, 4.69) is 4.90 Å². The van der Waals surface area contributed by atoms with Gasteiger partial charge in [0.1, 0.15) is 6.04 Å². The Morgan fingerprint density at radius 1 is 1.11 bits per heavy atom. The molecular formula is C15H21NO2. The van der Waals surface area contributed by atoms with Gasteiger partial charge in [0.25, 0.3) is 0 Å². The van der Waals surface area contributed by atoms with Gasteiger partial charge in [0.05, 0.1) is 0 Å². The molecular weight excluding hydrogens is 226 g/mol. The molecule has 1 aromatic rings. The minimum absolute atomic E-state index is 0.370. The highest BCUT2D eigenvalue weighted by Gasteiger charge is 2.26. The van der Waals surface area contributed by atoms with Gasteiger partial charge >= 0.3 is 5.97 Å². The van der Waals surface area contributed by atoms with Crippen LogP contribution in [0.2, 0.25) is 0 Å². The van der Waals surface area contributed by atoms with Crippen LogP contribution in [0.25, 0.3) is 0 Å². The van der Waals surface area contributed by atoms with Gasteiger partial charge in [-0.05, 0) is 37.9 Å². The first-order chi connectivity index (χ1) is 8.77. The Morgan fingerprint density at radius 2 is 1.72 bits per heavy atom. The molecule has 0 bridgehead atoms. The largest absolute Gasteiger partial charge is 0.480 e. The van der Waals surface area contributed by atoms with Crippen molar-refractivity contribution in [1.82, 2.24) is 4.90 Å². The third-order valence-electron chi connectivity index (χ3n) is 3.64. The van der Waals surface area contributed by atoms with E-state index in [1.165, 1.54) is 12.8 Å². The van der Waals surface area contributed by atoms with Gasteiger partial charge in [-0.3, -0.25) is 9.69 Å². The van der Waals surface area contributed by atoms with E-state index in [4.69, 9.17) is 0 Å². The van der Waals surface area contributed by atoms with Crippen LogP contribution in [0.1, 0.15) is 31.2 Å². The highest BCUT2D eigenvalue weighted by molar-refractivity contribution is 5.74. The summed E-state index contributed by atoms with van der Waals surface area (Å²) in [6, 6.07) is 9.55. The van der Waals surface area contributed by atoms with Crippen molar-refractivity contribution in [3.05, 3.63) is 35.9 Å². The summed E-state index contributed by atoms with van der Waals surface area (Å²) in [7, 11) is 0. The van der Waals surface area contributed by atoms with Crippen molar-refractivity contribution < 1.29 is 9.90 Å². The van der Waals surface area contributed by atoms with Crippen LogP contribution in [0.15, 0.2) is 30.3 Å². The molecule has 1 atom stereocenters. The van der Waals surface area contributed by atoms with Gasteiger partial charge in [0, 0.05) is 0 Å². The lowest BCUT2D eigenvalue weighted by atomic mass is 10.0. The first-order valence-corrected chi connectivity index (χ1v) is 6.78.